The van der Waals surface area contributed by atoms with Gasteiger partial charge in [-0.3, -0.25) is 29.4 Å². The van der Waals surface area contributed by atoms with Crippen molar-refractivity contribution >= 4 is 74.6 Å². The number of likely N-dealkylation sites (N-methyl/N-ethyl adjacent to an activating group) is 1. The first-order valence-electron chi connectivity index (χ1n) is 21.4. The van der Waals surface area contributed by atoms with E-state index in [4.69, 9.17) is 30.6 Å². The SMILES string of the molecule is C/C1=C\C=C\[C@@H](C)[C@@]2(O)CC(OC(=O)N2)[C@@H](C)[C@@H]2O[C@@]2(C)[C@@H](OC(=O)[C@H](C)N(C)C(CCSSCCCC(=O)ON2C(=O)CCC2=O)C(F)(F)F)CC(=O)N(C)c2cc(cc(C)c2Cl)C1. The minimum Gasteiger partial charge on any atom is -0.457 e. The Hall–Kier alpha value is -3.82. The van der Waals surface area contributed by atoms with Crippen LogP contribution in [0.1, 0.15) is 90.7 Å². The van der Waals surface area contributed by atoms with E-state index in [2.05, 4.69) is 5.32 Å². The smallest absolute Gasteiger partial charge is 0.409 e. The molecule has 1 aromatic rings. The number of rotatable bonds is 13. The zero-order valence-electron chi connectivity index (χ0n) is 37.7. The molecule has 21 heteroatoms. The van der Waals surface area contributed by atoms with E-state index in [-0.39, 0.29) is 37.9 Å². The summed E-state index contributed by atoms with van der Waals surface area (Å²) in [6.07, 6.45) is -3.35. The standard InChI is InChI=1S/C44H58ClF3N4O11S2/c1-24-11-9-12-26(3)43(59)23-31(60-41(58)49-43)27(4)39-42(6,62-39)33(22-36(55)51(8)30-21-29(19-24)20-25(2)38(30)45)61-40(57)28(5)50(7)32(44(46,47)48)16-18-65-64-17-10-13-37(56)63-52-34(53)14-15-35(52)54/h9,11-12,20-21,26-28,31-33,39,59H,10,13-19,22-23H2,1-8H3,(H,49,58)/b12-9+,24-11+/t26-,27-,28+,31?,32?,33+,39+,42+,43+/m1/s1. The van der Waals surface area contributed by atoms with Gasteiger partial charge in [-0.1, -0.05) is 76.9 Å². The zero-order valence-corrected chi connectivity index (χ0v) is 40.1. The molecule has 5 rings (SSSR count). The van der Waals surface area contributed by atoms with Gasteiger partial charge in [0.2, 0.25) is 5.91 Å². The number of imide groups is 1. The van der Waals surface area contributed by atoms with Crippen LogP contribution in [0.3, 0.4) is 0 Å². The predicted octanol–water partition coefficient (Wildman–Crippen LogP) is 7.00. The average molecular weight is 976 g/mol. The lowest BCUT2D eigenvalue weighted by Crippen LogP contribution is -2.60. The van der Waals surface area contributed by atoms with Gasteiger partial charge in [-0.2, -0.15) is 13.2 Å². The maximum absolute atomic E-state index is 14.6. The van der Waals surface area contributed by atoms with Crippen molar-refractivity contribution in [2.45, 2.75) is 141 Å². The summed E-state index contributed by atoms with van der Waals surface area (Å²) < 4.78 is 61.7. The van der Waals surface area contributed by atoms with Crippen molar-refractivity contribution in [3.63, 3.8) is 0 Å². The average Bonchev–Trinajstić information content (AvgIpc) is 3.83. The number of hydrogen-bond donors (Lipinski definition) is 2. The van der Waals surface area contributed by atoms with Crippen LogP contribution in [0.5, 0.6) is 0 Å². The largest absolute Gasteiger partial charge is 0.457 e. The van der Waals surface area contributed by atoms with Crippen LogP contribution in [-0.2, 0) is 49.4 Å². The highest BCUT2D eigenvalue weighted by molar-refractivity contribution is 8.76. The Morgan fingerprint density at radius 3 is 2.42 bits per heavy atom. The molecule has 0 aliphatic carbocycles. The zero-order chi connectivity index (χ0) is 48.2. The molecule has 0 radical (unpaired) electrons. The van der Waals surface area contributed by atoms with Crippen molar-refractivity contribution in [3.8, 4) is 0 Å². The van der Waals surface area contributed by atoms with E-state index in [0.29, 0.717) is 33.5 Å². The van der Waals surface area contributed by atoms with Crippen LogP contribution >= 0.6 is 33.2 Å². The molecule has 0 aromatic heterocycles. The molecule has 4 amide bonds. The molecule has 2 N–H and O–H groups in total. The fraction of sp³-hybridized carbons (Fsp3) is 0.636. The first-order valence-corrected chi connectivity index (χ1v) is 24.3. The minimum atomic E-state index is -4.74. The van der Waals surface area contributed by atoms with E-state index in [1.165, 1.54) is 36.7 Å². The highest BCUT2D eigenvalue weighted by atomic mass is 35.5. The number of nitrogens with one attached hydrogen (secondary N) is 1. The lowest BCUT2D eigenvalue weighted by Gasteiger charge is -2.41. The summed E-state index contributed by atoms with van der Waals surface area (Å²) in [5, 5.41) is 15.0. The van der Waals surface area contributed by atoms with Gasteiger partial charge in [-0.15, -0.1) is 5.06 Å². The number of esters is 1. The van der Waals surface area contributed by atoms with Crippen molar-refractivity contribution in [3.05, 3.63) is 52.1 Å². The van der Waals surface area contributed by atoms with Crippen molar-refractivity contribution in [2.24, 2.45) is 11.8 Å². The third kappa shape index (κ3) is 12.8. The number of nitrogens with zero attached hydrogens (tertiary/aromatic N) is 3. The van der Waals surface area contributed by atoms with E-state index in [1.807, 2.05) is 26.0 Å². The summed E-state index contributed by atoms with van der Waals surface area (Å²) >= 11 is 6.77. The summed E-state index contributed by atoms with van der Waals surface area (Å²) in [5.41, 5.74) is -0.147. The Kier molecular flexibility index (Phi) is 17.2. The van der Waals surface area contributed by atoms with E-state index < -0.39 is 108 Å². The molecule has 4 bridgehead atoms. The molecule has 0 spiro atoms. The topological polar surface area (TPSA) is 185 Å². The van der Waals surface area contributed by atoms with Crippen molar-refractivity contribution in [2.75, 3.05) is 30.5 Å². The van der Waals surface area contributed by atoms with Gasteiger partial charge < -0.3 is 29.1 Å². The number of carbonyl (C=O) groups excluding carboxylic acids is 6. The normalized spacial score (nSPS) is 29.9. The number of ether oxygens (including phenoxy) is 3. The molecule has 0 saturated carbocycles. The van der Waals surface area contributed by atoms with E-state index in [1.54, 1.807) is 39.0 Å². The monoisotopic (exact) mass is 974 g/mol. The first kappa shape index (κ1) is 52.2. The molecule has 2 unspecified atom stereocenters. The number of carbonyl (C=O) groups is 6. The number of alkyl carbamates (subject to hydrolysis) is 1. The predicted molar refractivity (Wildman–Crippen MR) is 238 cm³/mol. The second-order valence-electron chi connectivity index (χ2n) is 17.5. The second kappa shape index (κ2) is 21.4. The van der Waals surface area contributed by atoms with Crippen molar-refractivity contribution in [1.29, 1.82) is 0 Å². The van der Waals surface area contributed by atoms with Crippen LogP contribution in [0.25, 0.3) is 0 Å². The van der Waals surface area contributed by atoms with Gasteiger partial charge in [0.1, 0.15) is 35.6 Å². The third-order valence-electron chi connectivity index (χ3n) is 12.5. The maximum Gasteiger partial charge on any atom is 0.409 e. The second-order valence-corrected chi connectivity index (χ2v) is 20.5. The number of hydrogen-bond acceptors (Lipinski definition) is 14. The number of hydroxylamine groups is 2. The number of alkyl halides is 3. The highest BCUT2D eigenvalue weighted by Crippen LogP contribution is 2.49. The van der Waals surface area contributed by atoms with Gasteiger partial charge in [0.25, 0.3) is 11.8 Å². The van der Waals surface area contributed by atoms with Gasteiger partial charge in [0.15, 0.2) is 0 Å². The van der Waals surface area contributed by atoms with Crippen LogP contribution in [0.4, 0.5) is 23.7 Å². The van der Waals surface area contributed by atoms with Gasteiger partial charge in [0.05, 0.1) is 23.2 Å². The Bertz CT molecular complexity index is 2050. The number of epoxide rings is 1. The van der Waals surface area contributed by atoms with Crippen LogP contribution < -0.4 is 10.2 Å². The van der Waals surface area contributed by atoms with E-state index >= 15 is 0 Å². The molecule has 9 atom stereocenters. The molecule has 3 fully saturated rings. The fourth-order valence-electron chi connectivity index (χ4n) is 8.18. The molecule has 3 saturated heterocycles. The summed E-state index contributed by atoms with van der Waals surface area (Å²) in [5.74, 6) is -4.28. The maximum atomic E-state index is 14.6. The summed E-state index contributed by atoms with van der Waals surface area (Å²) in [7, 11) is 5.10. The Morgan fingerprint density at radius 1 is 1.09 bits per heavy atom. The fourth-order valence-corrected chi connectivity index (χ4v) is 10.6. The van der Waals surface area contributed by atoms with Gasteiger partial charge >= 0.3 is 24.2 Å². The minimum absolute atomic E-state index is 0.0294. The molecular weight excluding hydrogens is 917 g/mol. The van der Waals surface area contributed by atoms with E-state index in [9.17, 15) is 47.0 Å². The van der Waals surface area contributed by atoms with Crippen LogP contribution in [0.15, 0.2) is 35.9 Å². The molecule has 4 heterocycles. The Morgan fingerprint density at radius 2 is 1.75 bits per heavy atom. The molecule has 1 aromatic carbocycles. The quantitative estimate of drug-likeness (QED) is 0.0677. The number of amides is 4. The van der Waals surface area contributed by atoms with Crippen LogP contribution in [0, 0.1) is 18.8 Å². The van der Waals surface area contributed by atoms with Crippen molar-refractivity contribution in [1.82, 2.24) is 15.3 Å². The molecule has 65 heavy (non-hydrogen) atoms. The molecule has 4 aliphatic heterocycles. The first-order chi connectivity index (χ1) is 30.4. The van der Waals surface area contributed by atoms with Crippen molar-refractivity contribution < 1.29 is 66.1 Å². The lowest BCUT2D eigenvalue weighted by molar-refractivity contribution is -0.197. The lowest BCUT2D eigenvalue weighted by atomic mass is 9.82. The van der Waals surface area contributed by atoms with Gasteiger partial charge in [-0.05, 0) is 71.2 Å². The summed E-state index contributed by atoms with van der Waals surface area (Å²) in [6, 6.07) is 0.192. The number of allylic oxidation sites excluding steroid dienone is 3. The molecule has 4 aliphatic rings. The Balaban J connectivity index is 1.31. The summed E-state index contributed by atoms with van der Waals surface area (Å²) in [6.45, 7) is 10.1. The number of anilines is 1. The van der Waals surface area contributed by atoms with E-state index in [0.717, 1.165) is 26.8 Å². The number of aryl methyl sites for hydroxylation is 1. The van der Waals surface area contributed by atoms with Crippen LogP contribution in [0.2, 0.25) is 5.02 Å². The number of benzene rings is 1. The number of halogens is 4. The Labute approximate surface area is 389 Å². The molecule has 360 valence electrons. The number of fused-ring (bicyclic) bond motifs is 5. The summed E-state index contributed by atoms with van der Waals surface area (Å²) in [4.78, 5) is 83.5. The van der Waals surface area contributed by atoms with Gasteiger partial charge in [-0.25, -0.2) is 9.59 Å². The van der Waals surface area contributed by atoms with Gasteiger partial charge in [0, 0.05) is 56.1 Å². The highest BCUT2D eigenvalue weighted by Gasteiger charge is 2.64. The molecular formula is C44H58ClF3N4O11S2. The van der Waals surface area contributed by atoms with Crippen LogP contribution in [-0.4, -0.2) is 124 Å². The molecule has 15 nitrogen and oxygen atoms in total. The number of aliphatic hydroxyl groups is 1. The third-order valence-corrected chi connectivity index (χ3v) is 15.5.